The summed E-state index contributed by atoms with van der Waals surface area (Å²) in [6.45, 7) is 6.00. The maximum atomic E-state index is 12.0. The number of carbonyl (C=O) groups excluding carboxylic acids is 2. The van der Waals surface area contributed by atoms with Crippen molar-refractivity contribution in [1.82, 2.24) is 5.32 Å². The lowest BCUT2D eigenvalue weighted by Crippen LogP contribution is -2.18. The fourth-order valence-electron chi connectivity index (χ4n) is 1.56. The third kappa shape index (κ3) is 3.41. The summed E-state index contributed by atoms with van der Waals surface area (Å²) in [5.74, 6) is -0.822. The van der Waals surface area contributed by atoms with Crippen LogP contribution in [0.2, 0.25) is 0 Å². The van der Waals surface area contributed by atoms with E-state index in [0.29, 0.717) is 9.88 Å². The van der Waals surface area contributed by atoms with Gasteiger partial charge in [0, 0.05) is 13.1 Å². The molecular weight excluding hydrogens is 278 g/mol. The number of hydrogen-bond acceptors (Lipinski definition) is 6. The number of ether oxygens (including phenoxy) is 1. The van der Waals surface area contributed by atoms with Crippen LogP contribution in [0.4, 0.5) is 10.7 Å². The number of anilines is 2. The first kappa shape index (κ1) is 16.3. The molecular formula is C13H21N3O3S. The molecule has 7 heteroatoms. The first-order valence-corrected chi connectivity index (χ1v) is 7.35. The van der Waals surface area contributed by atoms with E-state index < -0.39 is 5.97 Å². The van der Waals surface area contributed by atoms with Gasteiger partial charge >= 0.3 is 5.97 Å². The zero-order valence-electron chi connectivity index (χ0n) is 12.2. The molecule has 0 saturated carbocycles. The Kier molecular flexibility index (Phi) is 5.82. The minimum absolute atomic E-state index is 0.165. The number of carbonyl (C=O) groups is 2. The second-order valence-corrected chi connectivity index (χ2v) is 5.32. The minimum Gasteiger partial charge on any atom is -0.462 e. The highest BCUT2D eigenvalue weighted by Gasteiger charge is 2.26. The number of rotatable bonds is 6. The molecule has 20 heavy (non-hydrogen) atoms. The highest BCUT2D eigenvalue weighted by atomic mass is 32.1. The summed E-state index contributed by atoms with van der Waals surface area (Å²) in [5, 5.41) is 6.29. The summed E-state index contributed by atoms with van der Waals surface area (Å²) in [5.41, 5.74) is 6.35. The number of esters is 1. The van der Waals surface area contributed by atoms with Gasteiger partial charge < -0.3 is 21.1 Å². The van der Waals surface area contributed by atoms with E-state index >= 15 is 0 Å². The maximum Gasteiger partial charge on any atom is 0.343 e. The Morgan fingerprint density at radius 3 is 2.55 bits per heavy atom. The number of thiophene rings is 1. The van der Waals surface area contributed by atoms with E-state index in [9.17, 15) is 9.59 Å². The molecule has 4 N–H and O–H groups in total. The van der Waals surface area contributed by atoms with Crippen molar-refractivity contribution in [2.45, 2.75) is 33.2 Å². The molecule has 1 rings (SSSR count). The number of nitrogens with two attached hydrogens (primary N) is 1. The zero-order chi connectivity index (χ0) is 15.3. The molecule has 0 aliphatic carbocycles. The monoisotopic (exact) mass is 299 g/mol. The van der Waals surface area contributed by atoms with Gasteiger partial charge in [0.05, 0.1) is 12.3 Å². The quantitative estimate of drug-likeness (QED) is 0.699. The van der Waals surface area contributed by atoms with Gasteiger partial charge in [-0.15, -0.1) is 11.3 Å². The molecule has 1 heterocycles. The predicted molar refractivity (Wildman–Crippen MR) is 81.5 cm³/mol. The molecule has 0 radical (unpaired) electrons. The normalized spacial score (nSPS) is 11.8. The van der Waals surface area contributed by atoms with Gasteiger partial charge in [0.25, 0.3) is 5.91 Å². The van der Waals surface area contributed by atoms with Gasteiger partial charge in [0.1, 0.15) is 15.4 Å². The molecule has 1 atom stereocenters. The molecule has 112 valence electrons. The van der Waals surface area contributed by atoms with Crippen molar-refractivity contribution in [3.8, 4) is 0 Å². The Bertz CT molecular complexity index is 499. The van der Waals surface area contributed by atoms with Crippen LogP contribution in [0.1, 0.15) is 47.2 Å². The number of nitrogens with one attached hydrogen (secondary N) is 2. The molecule has 1 amide bonds. The fourth-order valence-corrected chi connectivity index (χ4v) is 2.73. The summed E-state index contributed by atoms with van der Waals surface area (Å²) >= 11 is 1.17. The Morgan fingerprint density at radius 2 is 2.05 bits per heavy atom. The van der Waals surface area contributed by atoms with Gasteiger partial charge in [-0.2, -0.15) is 0 Å². The third-order valence-corrected chi connectivity index (χ3v) is 3.98. The standard InChI is InChI=1S/C13H21N3O3S/c1-5-7(3)16-12-8(13(18)19-6-2)9(14)10(20-12)11(17)15-4/h7,16H,5-6,14H2,1-4H3,(H,15,17). The van der Waals surface area contributed by atoms with Crippen molar-refractivity contribution < 1.29 is 14.3 Å². The highest BCUT2D eigenvalue weighted by molar-refractivity contribution is 7.19. The molecule has 0 bridgehead atoms. The largest absolute Gasteiger partial charge is 0.462 e. The summed E-state index contributed by atoms with van der Waals surface area (Å²) in [6.07, 6.45) is 0.884. The molecule has 0 spiro atoms. The number of hydrogen-bond donors (Lipinski definition) is 3. The summed E-state index contributed by atoms with van der Waals surface area (Å²) in [6, 6.07) is 0.166. The second-order valence-electron chi connectivity index (χ2n) is 4.30. The lowest BCUT2D eigenvalue weighted by Gasteiger charge is -2.12. The lowest BCUT2D eigenvalue weighted by atomic mass is 10.2. The lowest BCUT2D eigenvalue weighted by molar-refractivity contribution is 0.0529. The van der Waals surface area contributed by atoms with Gasteiger partial charge in [0.15, 0.2) is 0 Å². The van der Waals surface area contributed by atoms with Crippen molar-refractivity contribution in [3.63, 3.8) is 0 Å². The minimum atomic E-state index is -0.512. The van der Waals surface area contributed by atoms with E-state index in [1.165, 1.54) is 18.4 Å². The SMILES string of the molecule is CCOC(=O)c1c(NC(C)CC)sc(C(=O)NC)c1N. The number of nitrogen functional groups attached to an aromatic ring is 1. The molecule has 0 aliphatic heterocycles. The molecule has 1 aromatic heterocycles. The van der Waals surface area contributed by atoms with Gasteiger partial charge in [0.2, 0.25) is 0 Å². The highest BCUT2D eigenvalue weighted by Crippen LogP contribution is 2.36. The Labute approximate surface area is 122 Å². The maximum absolute atomic E-state index is 12.0. The van der Waals surface area contributed by atoms with Gasteiger partial charge in [-0.05, 0) is 20.3 Å². The van der Waals surface area contributed by atoms with E-state index in [0.717, 1.165) is 6.42 Å². The molecule has 0 fully saturated rings. The van der Waals surface area contributed by atoms with Gasteiger partial charge in [-0.3, -0.25) is 4.79 Å². The Hall–Kier alpha value is -1.76. The first-order valence-electron chi connectivity index (χ1n) is 6.54. The van der Waals surface area contributed by atoms with Crippen molar-refractivity contribution in [1.29, 1.82) is 0 Å². The van der Waals surface area contributed by atoms with Crippen LogP contribution in [-0.2, 0) is 4.74 Å². The van der Waals surface area contributed by atoms with Crippen LogP contribution in [0.3, 0.4) is 0 Å². The Balaban J connectivity index is 3.25. The van der Waals surface area contributed by atoms with Gasteiger partial charge in [-0.25, -0.2) is 4.79 Å². The fraction of sp³-hybridized carbons (Fsp3) is 0.538. The van der Waals surface area contributed by atoms with Crippen molar-refractivity contribution >= 4 is 33.9 Å². The molecule has 1 unspecified atom stereocenters. The molecule has 1 aromatic rings. The molecule has 6 nitrogen and oxygen atoms in total. The molecule has 0 saturated heterocycles. The van der Waals surface area contributed by atoms with E-state index in [-0.39, 0.29) is 29.8 Å². The molecule has 0 aliphatic rings. The summed E-state index contributed by atoms with van der Waals surface area (Å²) in [7, 11) is 1.52. The van der Waals surface area contributed by atoms with Crippen LogP contribution in [0, 0.1) is 0 Å². The predicted octanol–water partition coefficient (Wildman–Crippen LogP) is 2.08. The Morgan fingerprint density at radius 1 is 1.40 bits per heavy atom. The smallest absolute Gasteiger partial charge is 0.343 e. The first-order chi connectivity index (χ1) is 9.46. The van der Waals surface area contributed by atoms with Gasteiger partial charge in [-0.1, -0.05) is 6.92 Å². The second kappa shape index (κ2) is 7.14. The van der Waals surface area contributed by atoms with Crippen molar-refractivity contribution in [3.05, 3.63) is 10.4 Å². The number of amides is 1. The topological polar surface area (TPSA) is 93.4 Å². The third-order valence-electron chi connectivity index (χ3n) is 2.85. The van der Waals surface area contributed by atoms with Crippen molar-refractivity contribution in [2.75, 3.05) is 24.7 Å². The molecule has 0 aromatic carbocycles. The summed E-state index contributed by atoms with van der Waals surface area (Å²) < 4.78 is 5.01. The van der Waals surface area contributed by atoms with Crippen molar-refractivity contribution in [2.24, 2.45) is 0 Å². The average Bonchev–Trinajstić information content (AvgIpc) is 2.74. The van der Waals surface area contributed by atoms with E-state index in [2.05, 4.69) is 10.6 Å². The van der Waals surface area contributed by atoms with E-state index in [4.69, 9.17) is 10.5 Å². The van der Waals surface area contributed by atoms with E-state index in [1.54, 1.807) is 6.92 Å². The van der Waals surface area contributed by atoms with Crippen LogP contribution in [0.25, 0.3) is 0 Å². The average molecular weight is 299 g/mol. The van der Waals surface area contributed by atoms with Crippen LogP contribution in [-0.4, -0.2) is 31.6 Å². The van der Waals surface area contributed by atoms with Crippen LogP contribution in [0.15, 0.2) is 0 Å². The zero-order valence-corrected chi connectivity index (χ0v) is 13.0. The van der Waals surface area contributed by atoms with E-state index in [1.807, 2.05) is 13.8 Å². The van der Waals surface area contributed by atoms with Crippen LogP contribution >= 0.6 is 11.3 Å². The summed E-state index contributed by atoms with van der Waals surface area (Å²) in [4.78, 5) is 24.1. The van der Waals surface area contributed by atoms with Crippen LogP contribution < -0.4 is 16.4 Å². The van der Waals surface area contributed by atoms with Crippen LogP contribution in [0.5, 0.6) is 0 Å².